The molecule has 2 aromatic rings. The average molecular weight is 363 g/mol. The standard InChI is InChI=1S/C18H21NO5S/c1-12-10-16(12)17-9-6-14(24-17)11-19(2)25(21,22)15-7-4-13(5-8-15)18(20)23-3/h4-9,12,16H,10-11H2,1-3H3/t12-,16-/m1/s1. The van der Waals surface area contributed by atoms with Gasteiger partial charge in [0.25, 0.3) is 0 Å². The summed E-state index contributed by atoms with van der Waals surface area (Å²) in [5.74, 6) is 2.13. The van der Waals surface area contributed by atoms with Crippen LogP contribution < -0.4 is 0 Å². The molecule has 25 heavy (non-hydrogen) atoms. The lowest BCUT2D eigenvalue weighted by molar-refractivity contribution is 0.0600. The highest BCUT2D eigenvalue weighted by Gasteiger charge is 2.36. The minimum atomic E-state index is -3.67. The van der Waals surface area contributed by atoms with Crippen molar-refractivity contribution in [3.63, 3.8) is 0 Å². The van der Waals surface area contributed by atoms with Crippen LogP contribution in [0.1, 0.15) is 41.1 Å². The summed E-state index contributed by atoms with van der Waals surface area (Å²) in [4.78, 5) is 11.6. The quantitative estimate of drug-likeness (QED) is 0.738. The highest BCUT2D eigenvalue weighted by Crippen LogP contribution is 2.47. The molecule has 0 unspecified atom stereocenters. The summed E-state index contributed by atoms with van der Waals surface area (Å²) >= 11 is 0. The molecule has 0 radical (unpaired) electrons. The van der Waals surface area contributed by atoms with Crippen LogP contribution in [0.5, 0.6) is 0 Å². The second-order valence-corrected chi connectivity index (χ2v) is 8.45. The second-order valence-electron chi connectivity index (χ2n) is 6.40. The van der Waals surface area contributed by atoms with Crippen molar-refractivity contribution >= 4 is 16.0 Å². The Morgan fingerprint density at radius 2 is 1.88 bits per heavy atom. The number of hydrogen-bond acceptors (Lipinski definition) is 5. The van der Waals surface area contributed by atoms with Crippen LogP contribution in [0.4, 0.5) is 0 Å². The lowest BCUT2D eigenvalue weighted by Gasteiger charge is -2.16. The first kappa shape index (κ1) is 17.7. The number of sulfonamides is 1. The van der Waals surface area contributed by atoms with Crippen LogP contribution in [0.25, 0.3) is 0 Å². The van der Waals surface area contributed by atoms with Crippen LogP contribution in [0.15, 0.2) is 45.7 Å². The van der Waals surface area contributed by atoms with Crippen molar-refractivity contribution < 1.29 is 22.4 Å². The summed E-state index contributed by atoms with van der Waals surface area (Å²) in [6.07, 6.45) is 1.12. The topological polar surface area (TPSA) is 76.8 Å². The SMILES string of the molecule is COC(=O)c1ccc(S(=O)(=O)N(C)Cc2ccc([C@@H]3C[C@H]3C)o2)cc1. The van der Waals surface area contributed by atoms with E-state index in [1.165, 1.54) is 42.7 Å². The van der Waals surface area contributed by atoms with Crippen molar-refractivity contribution in [2.45, 2.75) is 30.7 Å². The van der Waals surface area contributed by atoms with E-state index in [0.29, 0.717) is 23.2 Å². The Labute approximate surface area is 147 Å². The Morgan fingerprint density at radius 1 is 1.24 bits per heavy atom. The first-order valence-electron chi connectivity index (χ1n) is 8.06. The molecule has 6 nitrogen and oxygen atoms in total. The van der Waals surface area contributed by atoms with Gasteiger partial charge in [-0.15, -0.1) is 0 Å². The third-order valence-electron chi connectivity index (χ3n) is 4.52. The van der Waals surface area contributed by atoms with E-state index in [2.05, 4.69) is 11.7 Å². The van der Waals surface area contributed by atoms with Crippen LogP contribution in [0.2, 0.25) is 0 Å². The molecule has 0 amide bonds. The van der Waals surface area contributed by atoms with E-state index in [4.69, 9.17) is 4.42 Å². The highest BCUT2D eigenvalue weighted by atomic mass is 32.2. The third kappa shape index (κ3) is 3.62. The summed E-state index contributed by atoms with van der Waals surface area (Å²) in [6.45, 7) is 2.32. The third-order valence-corrected chi connectivity index (χ3v) is 6.34. The molecule has 1 heterocycles. The second kappa shape index (κ2) is 6.65. The molecular formula is C18H21NO5S. The van der Waals surface area contributed by atoms with Crippen LogP contribution in [-0.2, 0) is 21.3 Å². The van der Waals surface area contributed by atoms with E-state index in [1.807, 2.05) is 12.1 Å². The van der Waals surface area contributed by atoms with Crippen LogP contribution in [0.3, 0.4) is 0 Å². The molecule has 0 saturated heterocycles. The van der Waals surface area contributed by atoms with Gasteiger partial charge < -0.3 is 9.15 Å². The van der Waals surface area contributed by atoms with Gasteiger partial charge in [-0.1, -0.05) is 6.92 Å². The maximum absolute atomic E-state index is 12.7. The van der Waals surface area contributed by atoms with Crippen molar-refractivity contribution in [1.29, 1.82) is 0 Å². The molecule has 1 fully saturated rings. The normalized spacial score (nSPS) is 19.8. The monoisotopic (exact) mass is 363 g/mol. The number of carbonyl (C=O) groups excluding carboxylic acids is 1. The number of nitrogens with zero attached hydrogens (tertiary/aromatic N) is 1. The average Bonchev–Trinajstić information content (AvgIpc) is 3.15. The number of hydrogen-bond donors (Lipinski definition) is 0. The minimum absolute atomic E-state index is 0.116. The molecule has 1 aromatic carbocycles. The minimum Gasteiger partial charge on any atom is -0.465 e. The maximum atomic E-state index is 12.7. The van der Waals surface area contributed by atoms with Gasteiger partial charge in [-0.3, -0.25) is 0 Å². The van der Waals surface area contributed by atoms with Gasteiger partial charge in [-0.2, -0.15) is 4.31 Å². The Kier molecular flexibility index (Phi) is 4.71. The Morgan fingerprint density at radius 3 is 2.44 bits per heavy atom. The number of carbonyl (C=O) groups is 1. The molecule has 1 saturated carbocycles. The molecule has 0 bridgehead atoms. The number of esters is 1. The highest BCUT2D eigenvalue weighted by molar-refractivity contribution is 7.89. The number of rotatable bonds is 6. The Balaban J connectivity index is 1.72. The largest absolute Gasteiger partial charge is 0.465 e. The summed E-state index contributed by atoms with van der Waals surface area (Å²) in [7, 11) is -0.887. The molecule has 0 spiro atoms. The molecule has 7 heteroatoms. The molecule has 3 rings (SSSR count). The van der Waals surface area contributed by atoms with E-state index in [1.54, 1.807) is 0 Å². The molecular weight excluding hydrogens is 342 g/mol. The van der Waals surface area contributed by atoms with Gasteiger partial charge in [0, 0.05) is 13.0 Å². The molecule has 0 aliphatic heterocycles. The summed E-state index contributed by atoms with van der Waals surface area (Å²) in [5.41, 5.74) is 0.304. The zero-order valence-electron chi connectivity index (χ0n) is 14.4. The van der Waals surface area contributed by atoms with Crippen molar-refractivity contribution in [3.05, 3.63) is 53.5 Å². The van der Waals surface area contributed by atoms with Crippen LogP contribution in [-0.4, -0.2) is 32.8 Å². The molecule has 1 aliphatic carbocycles. The zero-order valence-corrected chi connectivity index (χ0v) is 15.2. The number of methoxy groups -OCH3 is 1. The van der Waals surface area contributed by atoms with Crippen molar-refractivity contribution in [1.82, 2.24) is 4.31 Å². The first-order chi connectivity index (χ1) is 11.8. The molecule has 0 N–H and O–H groups in total. The van der Waals surface area contributed by atoms with E-state index < -0.39 is 16.0 Å². The van der Waals surface area contributed by atoms with Gasteiger partial charge in [0.15, 0.2) is 0 Å². The van der Waals surface area contributed by atoms with Gasteiger partial charge in [0.05, 0.1) is 24.1 Å². The van der Waals surface area contributed by atoms with Crippen molar-refractivity contribution in [2.24, 2.45) is 5.92 Å². The number of furan rings is 1. The molecule has 2 atom stereocenters. The number of ether oxygens (including phenoxy) is 1. The Hall–Kier alpha value is -2.12. The van der Waals surface area contributed by atoms with Gasteiger partial charge in [-0.05, 0) is 48.7 Å². The van der Waals surface area contributed by atoms with E-state index in [9.17, 15) is 13.2 Å². The fourth-order valence-electron chi connectivity index (χ4n) is 2.76. The predicted molar refractivity (Wildman–Crippen MR) is 91.7 cm³/mol. The maximum Gasteiger partial charge on any atom is 0.337 e. The molecule has 134 valence electrons. The van der Waals surface area contributed by atoms with Gasteiger partial charge in [0.2, 0.25) is 10.0 Å². The summed E-state index contributed by atoms with van der Waals surface area (Å²) < 4.78 is 36.9. The fraction of sp³-hybridized carbons (Fsp3) is 0.389. The lowest BCUT2D eigenvalue weighted by Crippen LogP contribution is -2.26. The lowest BCUT2D eigenvalue weighted by atomic mass is 10.2. The number of benzene rings is 1. The molecule has 1 aromatic heterocycles. The van der Waals surface area contributed by atoms with E-state index >= 15 is 0 Å². The van der Waals surface area contributed by atoms with Gasteiger partial charge in [0.1, 0.15) is 11.5 Å². The predicted octanol–water partition coefficient (Wildman–Crippen LogP) is 3.01. The zero-order chi connectivity index (χ0) is 18.2. The smallest absolute Gasteiger partial charge is 0.337 e. The van der Waals surface area contributed by atoms with Gasteiger partial charge >= 0.3 is 5.97 Å². The van der Waals surface area contributed by atoms with Crippen LogP contribution in [0, 0.1) is 5.92 Å². The fourth-order valence-corrected chi connectivity index (χ4v) is 3.90. The van der Waals surface area contributed by atoms with E-state index in [0.717, 1.165) is 12.2 Å². The summed E-state index contributed by atoms with van der Waals surface area (Å²) in [6, 6.07) is 9.43. The van der Waals surface area contributed by atoms with Gasteiger partial charge in [-0.25, -0.2) is 13.2 Å². The Bertz CT molecular complexity index is 869. The van der Waals surface area contributed by atoms with Crippen molar-refractivity contribution in [2.75, 3.05) is 14.2 Å². The summed E-state index contributed by atoms with van der Waals surface area (Å²) in [5, 5.41) is 0. The van der Waals surface area contributed by atoms with Crippen molar-refractivity contribution in [3.8, 4) is 0 Å². The van der Waals surface area contributed by atoms with Crippen LogP contribution >= 0.6 is 0 Å². The first-order valence-corrected chi connectivity index (χ1v) is 9.50. The molecule has 1 aliphatic rings. The van der Waals surface area contributed by atoms with E-state index in [-0.39, 0.29) is 11.4 Å².